The first kappa shape index (κ1) is 20.3. The second-order valence-corrected chi connectivity index (χ2v) is 7.14. The summed E-state index contributed by atoms with van der Waals surface area (Å²) in [4.78, 5) is 11.9. The Bertz CT molecular complexity index is 968. The topological polar surface area (TPSA) is 88.2 Å². The van der Waals surface area contributed by atoms with Gasteiger partial charge < -0.3 is 10.1 Å². The highest BCUT2D eigenvalue weighted by molar-refractivity contribution is 7.80. The number of carbonyl (C=O) groups is 1. The SMILES string of the molecule is O=C(COc1ccc(-c2csnn2)cc1)NNC(=S)Nc1cccc(Cl)c1Cl. The minimum atomic E-state index is -0.408. The number of aromatic nitrogens is 2. The first-order chi connectivity index (χ1) is 13.5. The van der Waals surface area contributed by atoms with Gasteiger partial charge in [-0.2, -0.15) is 0 Å². The van der Waals surface area contributed by atoms with Crippen molar-refractivity contribution >= 4 is 63.7 Å². The van der Waals surface area contributed by atoms with Crippen molar-refractivity contribution in [2.45, 2.75) is 0 Å². The lowest BCUT2D eigenvalue weighted by Gasteiger charge is -2.13. The predicted octanol–water partition coefficient (Wildman–Crippen LogP) is 3.91. The van der Waals surface area contributed by atoms with E-state index in [-0.39, 0.29) is 11.7 Å². The number of benzene rings is 2. The largest absolute Gasteiger partial charge is 0.484 e. The average molecular weight is 454 g/mol. The number of ether oxygens (including phenoxy) is 1. The van der Waals surface area contributed by atoms with Gasteiger partial charge in [0.25, 0.3) is 5.91 Å². The van der Waals surface area contributed by atoms with Crippen molar-refractivity contribution in [1.82, 2.24) is 20.4 Å². The minimum absolute atomic E-state index is 0.152. The predicted molar refractivity (Wildman–Crippen MR) is 115 cm³/mol. The zero-order valence-electron chi connectivity index (χ0n) is 14.1. The Balaban J connectivity index is 1.43. The van der Waals surface area contributed by atoms with Crippen LogP contribution in [0.4, 0.5) is 5.69 Å². The molecule has 7 nitrogen and oxygen atoms in total. The Morgan fingerprint density at radius 2 is 1.93 bits per heavy atom. The van der Waals surface area contributed by atoms with E-state index < -0.39 is 5.91 Å². The van der Waals surface area contributed by atoms with Crippen molar-refractivity contribution in [2.75, 3.05) is 11.9 Å². The maximum absolute atomic E-state index is 11.9. The van der Waals surface area contributed by atoms with E-state index in [1.165, 1.54) is 11.5 Å². The minimum Gasteiger partial charge on any atom is -0.484 e. The standard InChI is InChI=1S/C17H13Cl2N5O2S2/c18-12-2-1-3-13(16(12)19)20-17(27)23-22-15(25)8-26-11-6-4-10(5-7-11)14-9-28-24-21-14/h1-7,9H,8H2,(H,22,25)(H2,20,23,27). The second kappa shape index (κ2) is 9.65. The summed E-state index contributed by atoms with van der Waals surface area (Å²) in [5.41, 5.74) is 7.23. The maximum Gasteiger partial charge on any atom is 0.276 e. The fourth-order valence-electron chi connectivity index (χ4n) is 2.08. The van der Waals surface area contributed by atoms with Crippen molar-refractivity contribution in [3.8, 4) is 17.0 Å². The molecule has 3 aromatic rings. The molecule has 3 rings (SSSR count). The van der Waals surface area contributed by atoms with E-state index in [1.807, 2.05) is 17.5 Å². The molecule has 11 heteroatoms. The van der Waals surface area contributed by atoms with E-state index in [4.69, 9.17) is 40.2 Å². The number of anilines is 1. The molecule has 1 aromatic heterocycles. The Labute approximate surface area is 180 Å². The first-order valence-electron chi connectivity index (χ1n) is 7.83. The van der Waals surface area contributed by atoms with E-state index in [2.05, 4.69) is 25.8 Å². The molecular formula is C17H13Cl2N5O2S2. The van der Waals surface area contributed by atoms with E-state index >= 15 is 0 Å². The number of amides is 1. The summed E-state index contributed by atoms with van der Waals surface area (Å²) in [6.45, 7) is -0.189. The van der Waals surface area contributed by atoms with Crippen molar-refractivity contribution < 1.29 is 9.53 Å². The number of carbonyl (C=O) groups excluding carboxylic acids is 1. The number of hydrogen-bond donors (Lipinski definition) is 3. The molecule has 0 saturated heterocycles. The van der Waals surface area contributed by atoms with Crippen LogP contribution in [-0.2, 0) is 4.79 Å². The van der Waals surface area contributed by atoms with E-state index in [9.17, 15) is 4.79 Å². The molecule has 3 N–H and O–H groups in total. The molecule has 0 unspecified atom stereocenters. The highest BCUT2D eigenvalue weighted by Gasteiger charge is 2.08. The highest BCUT2D eigenvalue weighted by atomic mass is 35.5. The van der Waals surface area contributed by atoms with Crippen molar-refractivity contribution in [3.63, 3.8) is 0 Å². The van der Waals surface area contributed by atoms with E-state index in [1.54, 1.807) is 30.3 Å². The molecule has 0 spiro atoms. The second-order valence-electron chi connectivity index (χ2n) is 5.33. The van der Waals surface area contributed by atoms with Gasteiger partial charge in [-0.1, -0.05) is 33.8 Å². The Morgan fingerprint density at radius 3 is 2.64 bits per heavy atom. The summed E-state index contributed by atoms with van der Waals surface area (Å²) >= 11 is 18.4. The van der Waals surface area contributed by atoms with Gasteiger partial charge in [-0.15, -0.1) is 5.10 Å². The van der Waals surface area contributed by atoms with Crippen LogP contribution in [0.1, 0.15) is 0 Å². The first-order valence-corrected chi connectivity index (χ1v) is 9.83. The number of thiocarbonyl (C=S) groups is 1. The smallest absolute Gasteiger partial charge is 0.276 e. The van der Waals surface area contributed by atoms with Gasteiger partial charge in [-0.25, -0.2) is 0 Å². The monoisotopic (exact) mass is 453 g/mol. The van der Waals surface area contributed by atoms with Crippen LogP contribution in [-0.4, -0.2) is 27.2 Å². The van der Waals surface area contributed by atoms with Gasteiger partial charge in [0.2, 0.25) is 0 Å². The third kappa shape index (κ3) is 5.52. The van der Waals surface area contributed by atoms with Crippen LogP contribution in [0.5, 0.6) is 5.75 Å². The summed E-state index contributed by atoms with van der Waals surface area (Å²) < 4.78 is 9.26. The lowest BCUT2D eigenvalue weighted by atomic mass is 10.2. The third-order valence-corrected chi connectivity index (χ3v) is 4.92. The third-order valence-electron chi connectivity index (χ3n) is 3.40. The molecule has 144 valence electrons. The summed E-state index contributed by atoms with van der Waals surface area (Å²) in [6.07, 6.45) is 0. The molecule has 28 heavy (non-hydrogen) atoms. The molecule has 0 fully saturated rings. The fraction of sp³-hybridized carbons (Fsp3) is 0.0588. The lowest BCUT2D eigenvalue weighted by molar-refractivity contribution is -0.123. The molecule has 1 amide bonds. The highest BCUT2D eigenvalue weighted by Crippen LogP contribution is 2.29. The van der Waals surface area contributed by atoms with Gasteiger partial charge >= 0.3 is 0 Å². The average Bonchev–Trinajstić information content (AvgIpc) is 3.23. The van der Waals surface area contributed by atoms with Crippen LogP contribution >= 0.6 is 47.0 Å². The summed E-state index contributed by atoms with van der Waals surface area (Å²) in [5, 5.41) is 9.56. The number of halogens is 2. The molecule has 0 aliphatic rings. The normalized spacial score (nSPS) is 10.2. The van der Waals surface area contributed by atoms with Crippen LogP contribution in [0, 0.1) is 0 Å². The Kier molecular flexibility index (Phi) is 6.99. The van der Waals surface area contributed by atoms with Crippen molar-refractivity contribution in [1.29, 1.82) is 0 Å². The Hall–Kier alpha value is -2.46. The van der Waals surface area contributed by atoms with Gasteiger partial charge in [-0.3, -0.25) is 15.6 Å². The zero-order valence-corrected chi connectivity index (χ0v) is 17.3. The number of nitrogens with one attached hydrogen (secondary N) is 3. The van der Waals surface area contributed by atoms with E-state index in [0.717, 1.165) is 11.3 Å². The number of nitrogens with zero attached hydrogens (tertiary/aromatic N) is 2. The number of hydrazine groups is 1. The van der Waals surface area contributed by atoms with Gasteiger partial charge in [0.1, 0.15) is 11.4 Å². The molecular weight excluding hydrogens is 441 g/mol. The number of hydrogen-bond acceptors (Lipinski definition) is 6. The quantitative estimate of drug-likeness (QED) is 0.398. The van der Waals surface area contributed by atoms with Crippen LogP contribution in [0.15, 0.2) is 47.8 Å². The van der Waals surface area contributed by atoms with Gasteiger partial charge in [0.15, 0.2) is 11.7 Å². The fourth-order valence-corrected chi connectivity index (χ4v) is 3.05. The lowest BCUT2D eigenvalue weighted by Crippen LogP contribution is -2.45. The van der Waals surface area contributed by atoms with Gasteiger partial charge in [0.05, 0.1) is 15.7 Å². The van der Waals surface area contributed by atoms with Crippen molar-refractivity contribution in [2.24, 2.45) is 0 Å². The summed E-state index contributed by atoms with van der Waals surface area (Å²) in [6, 6.07) is 12.3. The van der Waals surface area contributed by atoms with Crippen LogP contribution in [0.2, 0.25) is 10.0 Å². The summed E-state index contributed by atoms with van der Waals surface area (Å²) in [7, 11) is 0. The van der Waals surface area contributed by atoms with Crippen LogP contribution in [0.3, 0.4) is 0 Å². The number of rotatable bonds is 5. The molecule has 0 bridgehead atoms. The molecule has 0 radical (unpaired) electrons. The maximum atomic E-state index is 11.9. The Morgan fingerprint density at radius 1 is 1.14 bits per heavy atom. The molecule has 2 aromatic carbocycles. The molecule has 0 aliphatic heterocycles. The van der Waals surface area contributed by atoms with E-state index in [0.29, 0.717) is 21.5 Å². The van der Waals surface area contributed by atoms with Crippen LogP contribution in [0.25, 0.3) is 11.3 Å². The zero-order chi connectivity index (χ0) is 19.9. The molecule has 0 atom stereocenters. The summed E-state index contributed by atoms with van der Waals surface area (Å²) in [5.74, 6) is 0.141. The molecule has 1 heterocycles. The molecule has 0 aliphatic carbocycles. The van der Waals surface area contributed by atoms with Crippen molar-refractivity contribution in [3.05, 3.63) is 57.9 Å². The van der Waals surface area contributed by atoms with Gasteiger partial charge in [0, 0.05) is 10.9 Å². The van der Waals surface area contributed by atoms with Crippen LogP contribution < -0.4 is 20.9 Å². The van der Waals surface area contributed by atoms with Gasteiger partial charge in [-0.05, 0) is 60.1 Å². The molecule has 0 saturated carbocycles.